The van der Waals surface area contributed by atoms with Gasteiger partial charge in [-0.3, -0.25) is 14.5 Å². The number of aromatic nitrogens is 2. The van der Waals surface area contributed by atoms with E-state index in [1.807, 2.05) is 6.92 Å². The fraction of sp³-hybridized carbons (Fsp3) is 0.500. The number of unbranched alkanes of at least 4 members (excludes halogenated alkanes) is 1. The van der Waals surface area contributed by atoms with Crippen molar-refractivity contribution in [2.24, 2.45) is 11.5 Å². The summed E-state index contributed by atoms with van der Waals surface area (Å²) in [5, 5.41) is 1.62. The van der Waals surface area contributed by atoms with Crippen LogP contribution >= 0.6 is 22.7 Å². The van der Waals surface area contributed by atoms with E-state index in [-0.39, 0.29) is 5.91 Å². The number of nitrogens with two attached hydrogens (primary N) is 2. The summed E-state index contributed by atoms with van der Waals surface area (Å²) in [7, 11) is 1.61. The molecule has 0 radical (unpaired) electrons. The Morgan fingerprint density at radius 3 is 2.48 bits per heavy atom. The first-order chi connectivity index (χ1) is 11.9. The highest BCUT2D eigenvalue weighted by Gasteiger charge is 2.26. The molecule has 9 heteroatoms. The van der Waals surface area contributed by atoms with Crippen molar-refractivity contribution in [2.45, 2.75) is 39.5 Å². The van der Waals surface area contributed by atoms with Crippen molar-refractivity contribution < 1.29 is 9.59 Å². The average Bonchev–Trinajstić information content (AvgIpc) is 3.17. The number of anilines is 1. The lowest BCUT2D eigenvalue weighted by molar-refractivity contribution is 0.0995. The third-order valence-corrected chi connectivity index (χ3v) is 5.80. The predicted octanol–water partition coefficient (Wildman–Crippen LogP) is 2.13. The van der Waals surface area contributed by atoms with Crippen LogP contribution in [0, 0.1) is 6.92 Å². The number of hydrogen-bond donors (Lipinski definition) is 2. The highest BCUT2D eigenvalue weighted by Crippen LogP contribution is 2.28. The van der Waals surface area contributed by atoms with E-state index in [1.54, 1.807) is 14.0 Å². The van der Waals surface area contributed by atoms with E-state index in [2.05, 4.69) is 9.97 Å². The number of primary amides is 1. The Hall–Kier alpha value is -1.84. The van der Waals surface area contributed by atoms with Gasteiger partial charge >= 0.3 is 0 Å². The third kappa shape index (κ3) is 4.42. The molecule has 136 valence electrons. The summed E-state index contributed by atoms with van der Waals surface area (Å²) in [5.74, 6) is -0.491. The molecule has 7 nitrogen and oxygen atoms in total. The zero-order valence-corrected chi connectivity index (χ0v) is 16.3. The van der Waals surface area contributed by atoms with Gasteiger partial charge in [0, 0.05) is 7.05 Å². The molecule has 2 aromatic heterocycles. The molecule has 0 aliphatic rings. The summed E-state index contributed by atoms with van der Waals surface area (Å²) >= 11 is 2.59. The van der Waals surface area contributed by atoms with Crippen LogP contribution in [0.3, 0.4) is 0 Å². The molecule has 2 rings (SSSR count). The summed E-state index contributed by atoms with van der Waals surface area (Å²) in [6.45, 7) is 4.40. The van der Waals surface area contributed by atoms with Gasteiger partial charge in [0.05, 0.1) is 15.7 Å². The maximum Gasteiger partial charge on any atom is 0.271 e. The summed E-state index contributed by atoms with van der Waals surface area (Å²) in [4.78, 5) is 35.7. The van der Waals surface area contributed by atoms with Gasteiger partial charge in [0.15, 0.2) is 5.82 Å². The van der Waals surface area contributed by atoms with Crippen molar-refractivity contribution in [3.8, 4) is 0 Å². The Balaban J connectivity index is 2.29. The fourth-order valence-electron chi connectivity index (χ4n) is 2.39. The minimum absolute atomic E-state index is 0.216. The smallest absolute Gasteiger partial charge is 0.271 e. The number of carbonyl (C=O) groups excluding carboxylic acids is 2. The second-order valence-corrected chi connectivity index (χ2v) is 7.88. The number of carbonyl (C=O) groups is 2. The normalized spacial score (nSPS) is 10.9. The molecule has 25 heavy (non-hydrogen) atoms. The Labute approximate surface area is 155 Å². The predicted molar refractivity (Wildman–Crippen MR) is 102 cm³/mol. The molecule has 2 amide bonds. The average molecular weight is 382 g/mol. The van der Waals surface area contributed by atoms with Gasteiger partial charge in [0.2, 0.25) is 0 Å². The lowest BCUT2D eigenvalue weighted by Gasteiger charge is -2.15. The van der Waals surface area contributed by atoms with Gasteiger partial charge in [-0.05, 0) is 39.2 Å². The van der Waals surface area contributed by atoms with Crippen molar-refractivity contribution in [1.29, 1.82) is 0 Å². The maximum absolute atomic E-state index is 12.9. The molecule has 0 fully saturated rings. The molecular formula is C16H23N5O2S2. The molecule has 0 saturated heterocycles. The lowest BCUT2D eigenvalue weighted by Crippen LogP contribution is -2.28. The Kier molecular flexibility index (Phi) is 6.63. The molecule has 0 spiro atoms. The molecule has 0 aliphatic carbocycles. The molecule has 2 heterocycles. The quantitative estimate of drug-likeness (QED) is 0.680. The Morgan fingerprint density at radius 2 is 1.88 bits per heavy atom. The van der Waals surface area contributed by atoms with Crippen LogP contribution < -0.4 is 16.4 Å². The van der Waals surface area contributed by atoms with E-state index in [9.17, 15) is 9.59 Å². The third-order valence-electron chi connectivity index (χ3n) is 3.68. The van der Waals surface area contributed by atoms with E-state index in [4.69, 9.17) is 11.5 Å². The van der Waals surface area contributed by atoms with E-state index in [0.717, 1.165) is 30.0 Å². The zero-order chi connectivity index (χ0) is 18.6. The van der Waals surface area contributed by atoms with Gasteiger partial charge in [0.25, 0.3) is 11.8 Å². The van der Waals surface area contributed by atoms with Crippen LogP contribution in [-0.2, 0) is 12.8 Å². The SMILES string of the molecule is CCc1nc(CCCCN)sc1C(=O)N(C)c1nc(C)sc1C(N)=O. The lowest BCUT2D eigenvalue weighted by atomic mass is 10.2. The second kappa shape index (κ2) is 8.50. The van der Waals surface area contributed by atoms with Crippen molar-refractivity contribution in [2.75, 3.05) is 18.5 Å². The molecular weight excluding hydrogens is 358 g/mol. The molecule has 0 unspecified atom stereocenters. The van der Waals surface area contributed by atoms with Crippen LogP contribution in [0.1, 0.15) is 54.8 Å². The van der Waals surface area contributed by atoms with Gasteiger partial charge in [0.1, 0.15) is 9.75 Å². The number of nitrogens with zero attached hydrogens (tertiary/aromatic N) is 3. The minimum atomic E-state index is -0.581. The van der Waals surface area contributed by atoms with Gasteiger partial charge in [-0.2, -0.15) is 0 Å². The summed E-state index contributed by atoms with van der Waals surface area (Å²) in [6.07, 6.45) is 3.37. The van der Waals surface area contributed by atoms with Crippen LogP contribution in [0.5, 0.6) is 0 Å². The molecule has 0 saturated carbocycles. The van der Waals surface area contributed by atoms with Gasteiger partial charge in [-0.25, -0.2) is 9.97 Å². The molecule has 2 aromatic rings. The van der Waals surface area contributed by atoms with Crippen LogP contribution in [0.4, 0.5) is 5.82 Å². The Bertz CT molecular complexity index is 769. The van der Waals surface area contributed by atoms with Crippen LogP contribution in [0.2, 0.25) is 0 Å². The number of rotatable bonds is 8. The van der Waals surface area contributed by atoms with Crippen LogP contribution in [-0.4, -0.2) is 35.4 Å². The highest BCUT2D eigenvalue weighted by molar-refractivity contribution is 7.14. The van der Waals surface area contributed by atoms with E-state index >= 15 is 0 Å². The summed E-state index contributed by atoms with van der Waals surface area (Å²) < 4.78 is 0. The first kappa shape index (κ1) is 19.5. The van der Waals surface area contributed by atoms with E-state index in [1.165, 1.54) is 27.6 Å². The number of thiazole rings is 2. The molecule has 0 atom stereocenters. The maximum atomic E-state index is 12.9. The highest BCUT2D eigenvalue weighted by atomic mass is 32.1. The monoisotopic (exact) mass is 381 g/mol. The summed E-state index contributed by atoms with van der Waals surface area (Å²) in [6, 6.07) is 0. The Morgan fingerprint density at radius 1 is 1.16 bits per heavy atom. The van der Waals surface area contributed by atoms with Crippen molar-refractivity contribution in [3.05, 3.63) is 25.5 Å². The van der Waals surface area contributed by atoms with Gasteiger partial charge < -0.3 is 11.5 Å². The molecule has 0 aromatic carbocycles. The number of aryl methyl sites for hydroxylation is 3. The van der Waals surface area contributed by atoms with Gasteiger partial charge in [-0.1, -0.05) is 6.92 Å². The van der Waals surface area contributed by atoms with Crippen LogP contribution in [0.15, 0.2) is 0 Å². The van der Waals surface area contributed by atoms with Crippen molar-refractivity contribution in [1.82, 2.24) is 9.97 Å². The standard InChI is InChI=1S/C16H23N5O2S2/c1-4-10-12(25-11(20-10)7-5-6-8-17)16(23)21(3)15-13(14(18)22)24-9(2)19-15/h4-8,17H2,1-3H3,(H2,18,22). The molecule has 0 aliphatic heterocycles. The van der Waals surface area contributed by atoms with E-state index in [0.29, 0.717) is 33.5 Å². The summed E-state index contributed by atoms with van der Waals surface area (Å²) in [5.41, 5.74) is 11.7. The first-order valence-corrected chi connectivity index (χ1v) is 9.76. The molecule has 0 bridgehead atoms. The first-order valence-electron chi connectivity index (χ1n) is 8.12. The van der Waals surface area contributed by atoms with Gasteiger partial charge in [-0.15, -0.1) is 22.7 Å². The second-order valence-electron chi connectivity index (χ2n) is 5.60. The number of hydrogen-bond acceptors (Lipinski definition) is 7. The minimum Gasteiger partial charge on any atom is -0.365 e. The largest absolute Gasteiger partial charge is 0.365 e. The van der Waals surface area contributed by atoms with Crippen molar-refractivity contribution >= 4 is 40.3 Å². The zero-order valence-electron chi connectivity index (χ0n) is 14.7. The van der Waals surface area contributed by atoms with Crippen molar-refractivity contribution in [3.63, 3.8) is 0 Å². The fourth-order valence-corrected chi connectivity index (χ4v) is 4.36. The molecule has 4 N–H and O–H groups in total. The number of amides is 2. The topological polar surface area (TPSA) is 115 Å². The van der Waals surface area contributed by atoms with Crippen LogP contribution in [0.25, 0.3) is 0 Å². The van der Waals surface area contributed by atoms with E-state index < -0.39 is 5.91 Å².